The minimum Gasteiger partial charge on any atom is -0.462 e. The molecule has 0 fully saturated rings. The molecule has 5 unspecified atom stereocenters. The number of phosphoric ester groups is 2. The van der Waals surface area contributed by atoms with Crippen LogP contribution in [0.5, 0.6) is 0 Å². The Kier molecular flexibility index (Phi) is 74.1. The zero-order chi connectivity index (χ0) is 78.9. The first-order valence-corrected chi connectivity index (χ1v) is 43.3. The number of carbonyl (C=O) groups is 4. The van der Waals surface area contributed by atoms with E-state index in [2.05, 4.69) is 192 Å². The molecule has 108 heavy (non-hydrogen) atoms. The number of aliphatic hydroxyl groups excluding tert-OH is 1. The third-order valence-electron chi connectivity index (χ3n) is 15.8. The largest absolute Gasteiger partial charge is 0.472 e. The van der Waals surface area contributed by atoms with Crippen LogP contribution in [-0.4, -0.2) is 96.7 Å². The highest BCUT2D eigenvalue weighted by molar-refractivity contribution is 7.47. The lowest BCUT2D eigenvalue weighted by Crippen LogP contribution is -2.30. The Bertz CT molecular complexity index is 2860. The zero-order valence-corrected chi connectivity index (χ0v) is 68.2. The molecule has 3 N–H and O–H groups in total. The molecule has 0 saturated heterocycles. The molecule has 0 aromatic carbocycles. The minimum atomic E-state index is -5.02. The van der Waals surface area contributed by atoms with Gasteiger partial charge in [-0.2, -0.15) is 0 Å². The lowest BCUT2D eigenvalue weighted by molar-refractivity contribution is -0.161. The molecule has 608 valence electrons. The molecule has 0 aromatic rings. The molecule has 0 radical (unpaired) electrons. The maximum absolute atomic E-state index is 13.1. The predicted molar refractivity (Wildman–Crippen MR) is 445 cm³/mol. The number of hydrogen-bond acceptors (Lipinski definition) is 15. The predicted octanol–water partition coefficient (Wildman–Crippen LogP) is 23.9. The second-order valence-electron chi connectivity index (χ2n) is 25.8. The topological polar surface area (TPSA) is 237 Å². The molecule has 0 amide bonds. The Balaban J connectivity index is 5.53. The fraction of sp³-hybridized carbons (Fsp3) is 0.573. The van der Waals surface area contributed by atoms with Crippen molar-refractivity contribution in [2.45, 2.75) is 290 Å². The van der Waals surface area contributed by atoms with Gasteiger partial charge in [0.15, 0.2) is 12.2 Å². The van der Waals surface area contributed by atoms with E-state index in [1.165, 1.54) is 0 Å². The monoisotopic (exact) mass is 1540 g/mol. The molecule has 0 aliphatic rings. The van der Waals surface area contributed by atoms with Gasteiger partial charge in [-0.25, -0.2) is 9.13 Å². The maximum atomic E-state index is 13.1. The average Bonchev–Trinajstić information content (AvgIpc) is 0.906. The second-order valence-corrected chi connectivity index (χ2v) is 28.8. The smallest absolute Gasteiger partial charge is 0.462 e. The van der Waals surface area contributed by atoms with Gasteiger partial charge in [-0.15, -0.1) is 0 Å². The van der Waals surface area contributed by atoms with Crippen LogP contribution in [0.2, 0.25) is 0 Å². The Morgan fingerprint density at radius 1 is 0.269 bits per heavy atom. The number of carbonyl (C=O) groups excluding carboxylic acids is 4. The molecule has 0 saturated carbocycles. The number of ether oxygens (including phenoxy) is 4. The van der Waals surface area contributed by atoms with Gasteiger partial charge in [-0.1, -0.05) is 298 Å². The SMILES string of the molecule is CC/C=C\C/C=C\C/C=C\C/C=C\C/C=C\C/C=C\CCC(=O)OCC(COP(=O)(O)OCC(O)COP(=O)(O)OCC(COC(=O)CCCCCCCCC/C=C\C/C=C\C/C=C\CC)OC(=O)C/C=C\C/C=C\C/C=C\C/C=C\C/C=C\CC)OC(=O)CCCCCCCCC/C=C\C/C=C\C/C=C\CC. The van der Waals surface area contributed by atoms with Crippen molar-refractivity contribution in [1.29, 1.82) is 0 Å². The van der Waals surface area contributed by atoms with E-state index in [1.54, 1.807) is 12.2 Å². The van der Waals surface area contributed by atoms with Crippen LogP contribution in [0.15, 0.2) is 207 Å². The summed E-state index contributed by atoms with van der Waals surface area (Å²) in [5, 5.41) is 10.6. The van der Waals surface area contributed by atoms with Crippen molar-refractivity contribution in [2.75, 3.05) is 39.6 Å². The van der Waals surface area contributed by atoms with Gasteiger partial charge in [-0.3, -0.25) is 37.3 Å². The van der Waals surface area contributed by atoms with E-state index >= 15 is 0 Å². The third-order valence-corrected chi connectivity index (χ3v) is 17.7. The van der Waals surface area contributed by atoms with E-state index in [0.717, 1.165) is 186 Å². The number of phosphoric acid groups is 2. The zero-order valence-electron chi connectivity index (χ0n) is 66.4. The fourth-order valence-corrected chi connectivity index (χ4v) is 11.4. The number of esters is 4. The van der Waals surface area contributed by atoms with Gasteiger partial charge >= 0.3 is 39.5 Å². The first kappa shape index (κ1) is 102. The van der Waals surface area contributed by atoms with Crippen LogP contribution in [-0.2, 0) is 65.4 Å². The van der Waals surface area contributed by atoms with Crippen LogP contribution in [0.4, 0.5) is 0 Å². The van der Waals surface area contributed by atoms with E-state index in [0.29, 0.717) is 32.1 Å². The summed E-state index contributed by atoms with van der Waals surface area (Å²) in [7, 11) is -10.0. The Morgan fingerprint density at radius 2 is 0.509 bits per heavy atom. The molecule has 17 nitrogen and oxygen atoms in total. The van der Waals surface area contributed by atoms with Crippen molar-refractivity contribution < 1.29 is 80.2 Å². The van der Waals surface area contributed by atoms with Crippen LogP contribution in [0, 0.1) is 0 Å². The summed E-state index contributed by atoms with van der Waals surface area (Å²) in [5.41, 5.74) is 0. The van der Waals surface area contributed by atoms with E-state index in [-0.39, 0.29) is 25.7 Å². The maximum Gasteiger partial charge on any atom is 0.472 e. The molecule has 0 rings (SSSR count). The highest BCUT2D eigenvalue weighted by Crippen LogP contribution is 2.45. The molecule has 0 aliphatic heterocycles. The lowest BCUT2D eigenvalue weighted by atomic mass is 10.1. The van der Waals surface area contributed by atoms with Crippen LogP contribution < -0.4 is 0 Å². The highest BCUT2D eigenvalue weighted by Gasteiger charge is 2.30. The normalized spacial score (nSPS) is 14.9. The van der Waals surface area contributed by atoms with Crippen molar-refractivity contribution >= 4 is 39.5 Å². The molecular weight excluding hydrogens is 1400 g/mol. The van der Waals surface area contributed by atoms with E-state index in [9.17, 15) is 43.2 Å². The van der Waals surface area contributed by atoms with Gasteiger partial charge in [0, 0.05) is 19.3 Å². The first-order chi connectivity index (χ1) is 52.7. The summed E-state index contributed by atoms with van der Waals surface area (Å²) >= 11 is 0. The summed E-state index contributed by atoms with van der Waals surface area (Å²) in [6.45, 7) is 4.18. The molecule has 0 heterocycles. The summed E-state index contributed by atoms with van der Waals surface area (Å²) in [4.78, 5) is 73.0. The van der Waals surface area contributed by atoms with Gasteiger partial charge in [0.1, 0.15) is 19.3 Å². The number of allylic oxidation sites excluding steroid dienone is 33. The van der Waals surface area contributed by atoms with Crippen molar-refractivity contribution in [3.63, 3.8) is 0 Å². The summed E-state index contributed by atoms with van der Waals surface area (Å²) in [6.07, 6.45) is 98.5. The van der Waals surface area contributed by atoms with E-state index in [4.69, 9.17) is 37.0 Å². The second kappa shape index (κ2) is 78.8. The van der Waals surface area contributed by atoms with Crippen LogP contribution >= 0.6 is 15.6 Å². The van der Waals surface area contributed by atoms with Gasteiger partial charge in [0.05, 0.1) is 32.8 Å². The van der Waals surface area contributed by atoms with Gasteiger partial charge in [-0.05, 0) is 154 Å². The highest BCUT2D eigenvalue weighted by atomic mass is 31.2. The first-order valence-electron chi connectivity index (χ1n) is 40.3. The van der Waals surface area contributed by atoms with Crippen molar-refractivity contribution in [1.82, 2.24) is 0 Å². The standard InChI is InChI=1S/C89H140O17P2/c1-5-9-13-17-21-25-29-33-37-40-41-44-47-50-54-58-62-66-70-74-87(92)100-80-85(106-89(94)76-72-68-64-60-56-52-48-43-39-35-31-27-23-19-15-11-7-3)82-104-108(97,98)102-78-83(90)77-101-107(95,96)103-81-84(105-88(93)75-71-67-63-59-55-51-45-36-32-28-24-20-16-12-8-4)79-99-86(91)73-69-65-61-57-53-49-46-42-38-34-30-26-22-18-14-10-6-2/h9-16,21-28,33-39,41,44-45,50,54-55,59,62,66-67,71,83-85,90H,5-8,17-20,29-32,40,42-43,46-49,51-53,56-58,60-61,63-65,68-70,72-82H2,1-4H3,(H,95,96)(H,97,98)/b13-9-,14-10-,15-11-,16-12-,25-21-,26-22-,27-23-,28-24-,37-33-,38-34-,39-35-,44-41-,45-36-,54-50-,59-55-,66-62-,71-67-. The Labute approximate surface area is 652 Å². The number of unbranched alkanes of at least 4 members (excludes halogenated alkanes) is 14. The Hall–Kier alpha value is -6.36. The van der Waals surface area contributed by atoms with Crippen LogP contribution in [0.3, 0.4) is 0 Å². The number of aliphatic hydroxyl groups is 1. The molecule has 0 aliphatic carbocycles. The van der Waals surface area contributed by atoms with E-state index in [1.807, 2.05) is 30.4 Å². The molecule has 0 bridgehead atoms. The fourth-order valence-electron chi connectivity index (χ4n) is 9.82. The molecule has 0 spiro atoms. The number of hydrogen-bond donors (Lipinski definition) is 3. The number of rotatable bonds is 73. The average molecular weight is 1540 g/mol. The molecular formula is C89H140O17P2. The van der Waals surface area contributed by atoms with Crippen LogP contribution in [0.25, 0.3) is 0 Å². The molecule has 19 heteroatoms. The van der Waals surface area contributed by atoms with Crippen molar-refractivity contribution in [2.24, 2.45) is 0 Å². The summed E-state index contributed by atoms with van der Waals surface area (Å²) in [6, 6.07) is 0. The molecule has 0 aromatic heterocycles. The van der Waals surface area contributed by atoms with Crippen LogP contribution in [0.1, 0.15) is 272 Å². The Morgan fingerprint density at radius 3 is 0.833 bits per heavy atom. The van der Waals surface area contributed by atoms with Gasteiger partial charge in [0.25, 0.3) is 0 Å². The van der Waals surface area contributed by atoms with Crippen molar-refractivity contribution in [3.05, 3.63) is 207 Å². The molecule has 5 atom stereocenters. The van der Waals surface area contributed by atoms with E-state index < -0.39 is 97.5 Å². The summed E-state index contributed by atoms with van der Waals surface area (Å²) in [5.74, 6) is -2.47. The van der Waals surface area contributed by atoms with Gasteiger partial charge < -0.3 is 33.8 Å². The van der Waals surface area contributed by atoms with Crippen molar-refractivity contribution in [3.8, 4) is 0 Å². The van der Waals surface area contributed by atoms with Gasteiger partial charge in [0.2, 0.25) is 0 Å². The lowest BCUT2D eigenvalue weighted by Gasteiger charge is -2.21. The summed E-state index contributed by atoms with van der Waals surface area (Å²) < 4.78 is 68.4. The quantitative estimate of drug-likeness (QED) is 0.0169. The minimum absolute atomic E-state index is 0.0234. The third kappa shape index (κ3) is 77.8.